The second-order valence-electron chi connectivity index (χ2n) is 9.45. The number of ether oxygens (including phenoxy) is 5. The number of rotatable bonds is 14. The third kappa shape index (κ3) is 8.22. The van der Waals surface area contributed by atoms with Gasteiger partial charge in [-0.3, -0.25) is 9.10 Å². The number of nitrogens with zero attached hydrogens (tertiary/aromatic N) is 2. The molecule has 0 saturated heterocycles. The van der Waals surface area contributed by atoms with E-state index in [0.717, 1.165) is 9.87 Å². The van der Waals surface area contributed by atoms with Crippen molar-refractivity contribution in [3.8, 4) is 28.7 Å². The molecule has 14 heteroatoms. The molecule has 0 bridgehead atoms. The van der Waals surface area contributed by atoms with Gasteiger partial charge in [-0.1, -0.05) is 41.9 Å². The topological polar surface area (TPSA) is 125 Å². The molecule has 0 aliphatic carbocycles. The van der Waals surface area contributed by atoms with Gasteiger partial charge in [-0.25, -0.2) is 13.8 Å². The van der Waals surface area contributed by atoms with E-state index in [9.17, 15) is 13.2 Å². The van der Waals surface area contributed by atoms with Crippen LogP contribution in [-0.2, 0) is 21.4 Å². The maximum Gasteiger partial charge on any atom is 0.265 e. The maximum atomic E-state index is 14.0. The van der Waals surface area contributed by atoms with Crippen molar-refractivity contribution < 1.29 is 36.9 Å². The Kier molecular flexibility index (Phi) is 11.7. The van der Waals surface area contributed by atoms with Gasteiger partial charge in [0.25, 0.3) is 15.9 Å². The lowest BCUT2D eigenvalue weighted by Gasteiger charge is -2.25. The molecule has 0 fully saturated rings. The summed E-state index contributed by atoms with van der Waals surface area (Å²) < 4.78 is 56.8. The van der Waals surface area contributed by atoms with Gasteiger partial charge in [0.15, 0.2) is 23.0 Å². The van der Waals surface area contributed by atoms with Crippen LogP contribution >= 0.6 is 27.5 Å². The Morgan fingerprint density at radius 2 is 1.54 bits per heavy atom. The Balaban J connectivity index is 1.57. The minimum Gasteiger partial charge on any atom is -0.495 e. The minimum atomic E-state index is -4.37. The van der Waals surface area contributed by atoms with Crippen LogP contribution in [0.5, 0.6) is 28.7 Å². The monoisotopic (exact) mass is 731 g/mol. The summed E-state index contributed by atoms with van der Waals surface area (Å²) in [6.45, 7) is -0.330. The van der Waals surface area contributed by atoms with Crippen LogP contribution in [-0.4, -0.2) is 55.5 Å². The molecule has 1 amide bonds. The van der Waals surface area contributed by atoms with Crippen LogP contribution in [0.3, 0.4) is 0 Å². The third-order valence-electron chi connectivity index (χ3n) is 6.52. The molecule has 4 rings (SSSR count). The molecule has 0 aliphatic heterocycles. The van der Waals surface area contributed by atoms with Gasteiger partial charge >= 0.3 is 0 Å². The second kappa shape index (κ2) is 15.7. The number of carbonyl (C=O) groups is 1. The van der Waals surface area contributed by atoms with Crippen molar-refractivity contribution in [2.75, 3.05) is 39.3 Å². The molecule has 0 aliphatic rings. The molecule has 46 heavy (non-hydrogen) atoms. The fraction of sp³-hybridized carbons (Fsp3) is 0.188. The molecule has 0 spiro atoms. The van der Waals surface area contributed by atoms with Crippen LogP contribution in [0.2, 0.25) is 5.02 Å². The third-order valence-corrected chi connectivity index (χ3v) is 9.10. The van der Waals surface area contributed by atoms with Crippen LogP contribution < -0.4 is 33.4 Å². The average Bonchev–Trinajstić information content (AvgIpc) is 3.06. The smallest absolute Gasteiger partial charge is 0.265 e. The van der Waals surface area contributed by atoms with E-state index in [1.165, 1.54) is 65.0 Å². The molecule has 242 valence electrons. The lowest BCUT2D eigenvalue weighted by Crippen LogP contribution is -2.39. The molecule has 0 saturated carbocycles. The number of hydrazone groups is 1. The highest BCUT2D eigenvalue weighted by Crippen LogP contribution is 2.38. The lowest BCUT2D eigenvalue weighted by molar-refractivity contribution is -0.119. The number of sulfonamides is 1. The Bertz CT molecular complexity index is 1820. The SMILES string of the molecule is COc1ccc(S(=O)(=O)N(CC(=O)N/N=C\c2cc(Br)c(OCc3ccccc3)c(OC)c2)c2cc(Cl)ccc2OC)cc1OC. The Morgan fingerprint density at radius 3 is 2.22 bits per heavy atom. The summed E-state index contributed by atoms with van der Waals surface area (Å²) in [6.07, 6.45) is 1.39. The highest BCUT2D eigenvalue weighted by molar-refractivity contribution is 9.10. The molecule has 0 aromatic heterocycles. The number of hydrogen-bond acceptors (Lipinski definition) is 9. The van der Waals surface area contributed by atoms with Crippen molar-refractivity contribution in [2.24, 2.45) is 5.10 Å². The van der Waals surface area contributed by atoms with Gasteiger partial charge in [0, 0.05) is 11.1 Å². The van der Waals surface area contributed by atoms with E-state index in [0.29, 0.717) is 33.9 Å². The summed E-state index contributed by atoms with van der Waals surface area (Å²) in [5.41, 5.74) is 3.99. The number of benzene rings is 4. The molecule has 0 heterocycles. The standard InChI is InChI=1S/C32H31BrClN3O8S/c1-41-27-12-10-23(34)16-26(27)37(46(39,40)24-11-13-28(42-2)29(17-24)43-3)19-31(38)36-35-18-22-14-25(33)32(30(15-22)44-4)45-20-21-8-6-5-7-9-21/h5-18H,19-20H2,1-4H3,(H,36,38)/b35-18-. The largest absolute Gasteiger partial charge is 0.495 e. The van der Waals surface area contributed by atoms with Crippen molar-refractivity contribution in [1.82, 2.24) is 5.43 Å². The summed E-state index contributed by atoms with van der Waals surface area (Å²) in [5.74, 6) is 0.901. The zero-order chi connectivity index (χ0) is 33.3. The highest BCUT2D eigenvalue weighted by atomic mass is 79.9. The van der Waals surface area contributed by atoms with Gasteiger partial charge in [0.1, 0.15) is 18.9 Å². The fourth-order valence-electron chi connectivity index (χ4n) is 4.29. The molecule has 4 aromatic carbocycles. The Hall–Kier alpha value is -4.46. The van der Waals surface area contributed by atoms with E-state index in [2.05, 4.69) is 26.5 Å². The first-order valence-electron chi connectivity index (χ1n) is 13.6. The molecular formula is C32H31BrClN3O8S. The van der Waals surface area contributed by atoms with Crippen molar-refractivity contribution in [3.05, 3.63) is 99.5 Å². The van der Waals surface area contributed by atoms with Crippen molar-refractivity contribution >= 4 is 55.4 Å². The normalized spacial score (nSPS) is 11.2. The number of methoxy groups -OCH3 is 4. The van der Waals surface area contributed by atoms with Crippen LogP contribution in [0.15, 0.2) is 93.3 Å². The number of amides is 1. The molecule has 1 N–H and O–H groups in total. The number of anilines is 1. The zero-order valence-electron chi connectivity index (χ0n) is 25.3. The average molecular weight is 733 g/mol. The first-order chi connectivity index (χ1) is 22.1. The maximum absolute atomic E-state index is 14.0. The number of carbonyl (C=O) groups excluding carboxylic acids is 1. The molecular weight excluding hydrogens is 702 g/mol. The summed E-state index contributed by atoms with van der Waals surface area (Å²) in [6, 6.07) is 21.6. The molecule has 11 nitrogen and oxygen atoms in total. The highest BCUT2D eigenvalue weighted by Gasteiger charge is 2.30. The molecule has 4 aromatic rings. The van der Waals surface area contributed by atoms with Crippen LogP contribution in [0.4, 0.5) is 5.69 Å². The van der Waals surface area contributed by atoms with Gasteiger partial charge in [-0.15, -0.1) is 0 Å². The fourth-order valence-corrected chi connectivity index (χ4v) is 6.47. The molecule has 0 atom stereocenters. The Morgan fingerprint density at radius 1 is 0.870 bits per heavy atom. The Labute approximate surface area is 280 Å². The van der Waals surface area contributed by atoms with E-state index in [-0.39, 0.29) is 27.1 Å². The predicted molar refractivity (Wildman–Crippen MR) is 179 cm³/mol. The summed E-state index contributed by atoms with van der Waals surface area (Å²) in [4.78, 5) is 13.0. The van der Waals surface area contributed by atoms with Gasteiger partial charge in [0.2, 0.25) is 0 Å². The van der Waals surface area contributed by atoms with E-state index in [4.69, 9.17) is 35.3 Å². The molecule has 0 unspecified atom stereocenters. The zero-order valence-corrected chi connectivity index (χ0v) is 28.5. The van der Waals surface area contributed by atoms with Crippen molar-refractivity contribution in [2.45, 2.75) is 11.5 Å². The first-order valence-corrected chi connectivity index (χ1v) is 16.2. The quantitative estimate of drug-likeness (QED) is 0.123. The minimum absolute atomic E-state index is 0.0451. The predicted octanol–water partition coefficient (Wildman–Crippen LogP) is 6.06. The van der Waals surface area contributed by atoms with E-state index in [1.807, 2.05) is 30.3 Å². The van der Waals surface area contributed by atoms with Gasteiger partial charge in [-0.2, -0.15) is 5.10 Å². The van der Waals surface area contributed by atoms with Crippen LogP contribution in [0, 0.1) is 0 Å². The van der Waals surface area contributed by atoms with Gasteiger partial charge in [0.05, 0.1) is 49.7 Å². The van der Waals surface area contributed by atoms with E-state index >= 15 is 0 Å². The number of nitrogens with one attached hydrogen (secondary N) is 1. The summed E-state index contributed by atoms with van der Waals surface area (Å²) >= 11 is 9.74. The number of halogens is 2. The molecule has 0 radical (unpaired) electrons. The van der Waals surface area contributed by atoms with Gasteiger partial charge < -0.3 is 23.7 Å². The van der Waals surface area contributed by atoms with Crippen LogP contribution in [0.25, 0.3) is 0 Å². The lowest BCUT2D eigenvalue weighted by atomic mass is 10.2. The second-order valence-corrected chi connectivity index (χ2v) is 12.6. The van der Waals surface area contributed by atoms with E-state index in [1.54, 1.807) is 18.2 Å². The van der Waals surface area contributed by atoms with Crippen molar-refractivity contribution in [3.63, 3.8) is 0 Å². The van der Waals surface area contributed by atoms with Gasteiger partial charge in [-0.05, 0) is 69.5 Å². The number of hydrogen-bond donors (Lipinski definition) is 1. The van der Waals surface area contributed by atoms with Crippen molar-refractivity contribution in [1.29, 1.82) is 0 Å². The summed E-state index contributed by atoms with van der Waals surface area (Å²) in [5, 5.41) is 4.27. The van der Waals surface area contributed by atoms with E-state index < -0.39 is 22.5 Å². The van der Waals surface area contributed by atoms with Crippen LogP contribution in [0.1, 0.15) is 11.1 Å². The first kappa shape index (κ1) is 34.4. The summed E-state index contributed by atoms with van der Waals surface area (Å²) in [7, 11) is 1.34.